The summed E-state index contributed by atoms with van der Waals surface area (Å²) in [4.78, 5) is 15.3. The molecule has 0 aromatic heterocycles. The number of anilines is 1. The van der Waals surface area contributed by atoms with Gasteiger partial charge in [0.15, 0.2) is 12.3 Å². The number of benzene rings is 4. The van der Waals surface area contributed by atoms with Gasteiger partial charge in [-0.15, -0.1) is 0 Å². The molecule has 4 aromatic carbocycles. The summed E-state index contributed by atoms with van der Waals surface area (Å²) in [5, 5.41) is 0. The topological polar surface area (TPSA) is 32.6 Å². The van der Waals surface area contributed by atoms with E-state index < -0.39 is 20.3 Å². The normalized spacial score (nSPS) is 16.0. The zero-order chi connectivity index (χ0) is 35.4. The van der Waals surface area contributed by atoms with Crippen LogP contribution in [0.25, 0.3) is 6.08 Å². The number of halogens is 6. The second kappa shape index (κ2) is 15.5. The van der Waals surface area contributed by atoms with Crippen LogP contribution in [0.1, 0.15) is 79.1 Å². The Balaban J connectivity index is 0.000000739. The van der Waals surface area contributed by atoms with Crippen LogP contribution in [-0.2, 0) is 12.0 Å². The van der Waals surface area contributed by atoms with E-state index in [9.17, 15) is 18.9 Å². The van der Waals surface area contributed by atoms with Gasteiger partial charge in [-0.1, -0.05) is 68.4 Å². The molecule has 4 aromatic rings. The van der Waals surface area contributed by atoms with Crippen molar-refractivity contribution < 1.29 is 32.9 Å². The van der Waals surface area contributed by atoms with Crippen LogP contribution >= 0.6 is 0 Å². The van der Waals surface area contributed by atoms with Crippen LogP contribution in [-0.4, -0.2) is 49.6 Å². The number of fused-ring (bicyclic) bond motifs is 1. The summed E-state index contributed by atoms with van der Waals surface area (Å²) in [5.41, 5.74) is 9.07. The van der Waals surface area contributed by atoms with Crippen LogP contribution in [0, 0.1) is 0 Å². The van der Waals surface area contributed by atoms with Crippen LogP contribution in [0.5, 0.6) is 5.75 Å². The zero-order valence-electron chi connectivity index (χ0n) is 28.4. The van der Waals surface area contributed by atoms with Crippen molar-refractivity contribution in [3.63, 3.8) is 0 Å². The molecule has 11 heteroatoms. The maximum absolute atomic E-state index is 12.9. The monoisotopic (exact) mass is 804 g/mol. The van der Waals surface area contributed by atoms with Crippen molar-refractivity contribution in [3.8, 4) is 5.75 Å². The number of nitrogens with zero attached hydrogens (tertiary/aromatic N) is 2. The first-order valence-corrected chi connectivity index (χ1v) is 21.2. The third-order valence-electron chi connectivity index (χ3n) is 8.88. The van der Waals surface area contributed by atoms with Gasteiger partial charge in [-0.05, 0) is 86.2 Å². The van der Waals surface area contributed by atoms with Crippen LogP contribution in [0.15, 0.2) is 103 Å². The summed E-state index contributed by atoms with van der Waals surface area (Å²) in [6.45, 7) is 11.9. The van der Waals surface area contributed by atoms with Crippen LogP contribution in [0.2, 0.25) is 0 Å². The van der Waals surface area contributed by atoms with E-state index in [1.165, 1.54) is 46.6 Å². The molecule has 6 rings (SSSR count). The van der Waals surface area contributed by atoms with E-state index in [0.29, 0.717) is 23.8 Å². The number of rotatable bonds is 8. The number of hydrogen-bond donors (Lipinski definition) is 0. The van der Waals surface area contributed by atoms with Crippen LogP contribution in [0.3, 0.4) is 0 Å². The summed E-state index contributed by atoms with van der Waals surface area (Å²) >= 11 is -9.19. The Kier molecular flexibility index (Phi) is 12.0. The van der Waals surface area contributed by atoms with Gasteiger partial charge >= 0.3 is 40.3 Å². The first-order chi connectivity index (χ1) is 23.0. The number of hydrogen-bond acceptors (Lipinski definition) is 3. The molecule has 266 valence electrons. The molecule has 0 bridgehead atoms. The van der Waals surface area contributed by atoms with Crippen molar-refractivity contribution in [2.75, 3.05) is 18.0 Å². The van der Waals surface area contributed by atoms with Gasteiger partial charge in [0.2, 0.25) is 5.69 Å². The van der Waals surface area contributed by atoms with Crippen LogP contribution in [0.4, 0.5) is 25.4 Å². The van der Waals surface area contributed by atoms with Crippen molar-refractivity contribution in [3.05, 3.63) is 131 Å². The van der Waals surface area contributed by atoms with Crippen LogP contribution < -0.4 is 14.3 Å². The summed E-state index contributed by atoms with van der Waals surface area (Å²) in [6, 6.07) is 33.2. The first kappa shape index (κ1) is 38.8. The van der Waals surface area contributed by atoms with Crippen molar-refractivity contribution in [2.24, 2.45) is 0 Å². The molecule has 4 nitrogen and oxygen atoms in total. The summed E-state index contributed by atoms with van der Waals surface area (Å²) in [5.74, 6) is 0.651. The van der Waals surface area contributed by atoms with E-state index in [4.69, 9.17) is 4.74 Å². The molecule has 2 heterocycles. The van der Waals surface area contributed by atoms with Gasteiger partial charge in [-0.25, -0.2) is 4.79 Å². The molecule has 0 radical (unpaired) electrons. The van der Waals surface area contributed by atoms with Gasteiger partial charge in [0.05, 0.1) is 11.0 Å². The van der Waals surface area contributed by atoms with Crippen molar-refractivity contribution in [1.29, 1.82) is 0 Å². The van der Waals surface area contributed by atoms with Gasteiger partial charge in [0.1, 0.15) is 5.75 Å². The number of allylic oxidation sites excluding steroid dienone is 1. The molecule has 0 unspecified atom stereocenters. The molecular formula is C39H41F6N2O2Sb. The van der Waals surface area contributed by atoms with Gasteiger partial charge in [-0.2, -0.15) is 4.58 Å². The van der Waals surface area contributed by atoms with E-state index in [1.807, 2.05) is 48.5 Å². The molecule has 0 spiro atoms. The predicted molar refractivity (Wildman–Crippen MR) is 188 cm³/mol. The molecular weight excluding hydrogens is 764 g/mol. The van der Waals surface area contributed by atoms with Crippen molar-refractivity contribution in [2.45, 2.75) is 58.4 Å². The third kappa shape index (κ3) is 10.3. The van der Waals surface area contributed by atoms with E-state index in [1.54, 1.807) is 0 Å². The molecule has 1 saturated heterocycles. The average molecular weight is 806 g/mol. The SMILES string of the molecule is CC(C)c1ccc(OC(=O)c2ccc(C[N+]3=C(/C=C/c4ccc(N5CCCC5)cc4)C(C)(C)c4ccccc43)cc2)cc1.[F-].[F][Sb]([F])([F])([F])[F]. The summed E-state index contributed by atoms with van der Waals surface area (Å²) in [7, 11) is 0. The molecule has 2 aliphatic rings. The zero-order valence-corrected chi connectivity index (χ0v) is 31.0. The fourth-order valence-corrected chi connectivity index (χ4v) is 6.27. The number of carbonyl (C=O) groups is 1. The molecule has 0 aliphatic carbocycles. The molecule has 1 fully saturated rings. The maximum atomic E-state index is 12.9. The van der Waals surface area contributed by atoms with Gasteiger partial charge in [0.25, 0.3) is 0 Å². The first-order valence-electron chi connectivity index (χ1n) is 16.3. The molecule has 0 N–H and O–H groups in total. The van der Waals surface area contributed by atoms with Crippen molar-refractivity contribution >= 4 is 49.4 Å². The second-order valence-corrected chi connectivity index (χ2v) is 16.8. The average Bonchev–Trinajstić information content (AvgIpc) is 3.65. The molecule has 0 amide bonds. The number of esters is 1. The molecule has 0 saturated carbocycles. The van der Waals surface area contributed by atoms with E-state index in [0.717, 1.165) is 18.7 Å². The summed E-state index contributed by atoms with van der Waals surface area (Å²) in [6.07, 6.45) is 7.08. The van der Waals surface area contributed by atoms with Gasteiger partial charge in [0, 0.05) is 42.0 Å². The second-order valence-electron chi connectivity index (χ2n) is 13.2. The quantitative estimate of drug-likeness (QED) is 0.0604. The fraction of sp³-hybridized carbons (Fsp3) is 0.282. The van der Waals surface area contributed by atoms with Gasteiger partial charge in [-0.3, -0.25) is 0 Å². The van der Waals surface area contributed by atoms with E-state index in [2.05, 4.69) is 97.9 Å². The third-order valence-corrected chi connectivity index (χ3v) is 8.88. The molecule has 0 atom stereocenters. The van der Waals surface area contributed by atoms with Crippen molar-refractivity contribution in [1.82, 2.24) is 0 Å². The Hall–Kier alpha value is -4.04. The summed E-state index contributed by atoms with van der Waals surface area (Å²) < 4.78 is 57.6. The molecule has 50 heavy (non-hydrogen) atoms. The Morgan fingerprint density at radius 2 is 1.42 bits per heavy atom. The van der Waals surface area contributed by atoms with E-state index in [-0.39, 0.29) is 16.1 Å². The number of ether oxygens (including phenoxy) is 1. The Labute approximate surface area is 294 Å². The van der Waals surface area contributed by atoms with E-state index >= 15 is 0 Å². The predicted octanol–water partition coefficient (Wildman–Crippen LogP) is 7.64. The Bertz CT molecular complexity index is 1820. The molecule has 2 aliphatic heterocycles. The fourth-order valence-electron chi connectivity index (χ4n) is 6.27. The number of carbonyl (C=O) groups excluding carboxylic acids is 1. The Morgan fingerprint density at radius 1 is 0.840 bits per heavy atom. The minimum atomic E-state index is -9.19. The van der Waals surface area contributed by atoms with Gasteiger partial charge < -0.3 is 14.3 Å². The standard InChI is InChI=1S/C39H41N2O2.6FH.Sb/c1-28(2)31-18-22-34(23-19-31)43-38(42)32-16-11-30(12-17-32)27-41-36-10-6-5-9-35(36)39(3,4)37(41)24-15-29-13-20-33(21-14-29)40-25-7-8-26-40;;;;;;;/h5-6,9-24,28H,7-8,25-27H2,1-4H3;6*1H;/q+1;;;;;;;+5/p-6. The Morgan fingerprint density at radius 3 is 2.00 bits per heavy atom. The minimum absolute atomic E-state index is 0. The number of para-hydroxylation sites is 1.